The molecule has 2 aliphatic rings. The first-order chi connectivity index (χ1) is 4.87. The Balaban J connectivity index is 0.000000605. The van der Waals surface area contributed by atoms with Crippen LogP contribution in [0.4, 0.5) is 0 Å². The molecule has 0 aromatic rings. The molecule has 1 saturated heterocycles. The minimum absolute atomic E-state index is 0. The highest BCUT2D eigenvalue weighted by molar-refractivity contribution is 5.85. The predicted molar refractivity (Wildman–Crippen MR) is 56.3 cm³/mol. The van der Waals surface area contributed by atoms with Crippen molar-refractivity contribution >= 4 is 24.8 Å². The zero-order valence-electron chi connectivity index (χ0n) is 7.29. The van der Waals surface area contributed by atoms with Crippen molar-refractivity contribution in [1.82, 2.24) is 4.90 Å². The van der Waals surface area contributed by atoms with Crippen molar-refractivity contribution in [3.63, 3.8) is 0 Å². The quantitative estimate of drug-likeness (QED) is 0.751. The Bertz CT molecular complexity index is 131. The number of hydrogen-bond acceptors (Lipinski definition) is 2. The third kappa shape index (κ3) is 2.05. The van der Waals surface area contributed by atoms with E-state index >= 15 is 0 Å². The highest BCUT2D eigenvalue weighted by Gasteiger charge is 2.46. The average molecular weight is 213 g/mol. The normalized spacial score (nSPS) is 25.8. The van der Waals surface area contributed by atoms with Crippen LogP contribution in [0.25, 0.3) is 0 Å². The summed E-state index contributed by atoms with van der Waals surface area (Å²) >= 11 is 0. The maximum atomic E-state index is 5.71. The first-order valence-corrected chi connectivity index (χ1v) is 4.32. The van der Waals surface area contributed by atoms with Gasteiger partial charge >= 0.3 is 0 Å². The van der Waals surface area contributed by atoms with Gasteiger partial charge in [-0.25, -0.2) is 0 Å². The molecule has 0 radical (unpaired) electrons. The van der Waals surface area contributed by atoms with Crippen LogP contribution in [0.5, 0.6) is 0 Å². The molecule has 0 bridgehead atoms. The van der Waals surface area contributed by atoms with Crippen molar-refractivity contribution < 1.29 is 0 Å². The van der Waals surface area contributed by atoms with Gasteiger partial charge in [-0.2, -0.15) is 0 Å². The van der Waals surface area contributed by atoms with Gasteiger partial charge in [-0.3, -0.25) is 4.90 Å². The SMILES string of the molecule is Cl.Cl.NCC1(N2CCCC2)CC1. The summed E-state index contributed by atoms with van der Waals surface area (Å²) in [5.41, 5.74) is 6.19. The van der Waals surface area contributed by atoms with Gasteiger partial charge in [-0.05, 0) is 38.8 Å². The third-order valence-corrected chi connectivity index (χ3v) is 2.98. The smallest absolute Gasteiger partial charge is 0.0333 e. The van der Waals surface area contributed by atoms with Gasteiger partial charge < -0.3 is 5.73 Å². The predicted octanol–water partition coefficient (Wildman–Crippen LogP) is 1.42. The molecular formula is C8H18Cl2N2. The van der Waals surface area contributed by atoms with Gasteiger partial charge in [-0.1, -0.05) is 0 Å². The van der Waals surface area contributed by atoms with E-state index in [-0.39, 0.29) is 24.8 Å². The third-order valence-electron chi connectivity index (χ3n) is 2.98. The summed E-state index contributed by atoms with van der Waals surface area (Å²) < 4.78 is 0. The summed E-state index contributed by atoms with van der Waals surface area (Å²) in [7, 11) is 0. The van der Waals surface area contributed by atoms with E-state index in [4.69, 9.17) is 5.73 Å². The van der Waals surface area contributed by atoms with E-state index in [0.29, 0.717) is 5.54 Å². The van der Waals surface area contributed by atoms with Crippen LogP contribution in [0.3, 0.4) is 0 Å². The van der Waals surface area contributed by atoms with E-state index in [9.17, 15) is 0 Å². The van der Waals surface area contributed by atoms with Crippen LogP contribution in [0.1, 0.15) is 25.7 Å². The number of rotatable bonds is 2. The van der Waals surface area contributed by atoms with Crippen LogP contribution in [0, 0.1) is 0 Å². The second-order valence-corrected chi connectivity index (χ2v) is 3.62. The lowest BCUT2D eigenvalue weighted by molar-refractivity contribution is 0.227. The molecule has 0 unspecified atom stereocenters. The highest BCUT2D eigenvalue weighted by Crippen LogP contribution is 2.42. The van der Waals surface area contributed by atoms with Crippen molar-refractivity contribution in [1.29, 1.82) is 0 Å². The molecule has 4 heteroatoms. The van der Waals surface area contributed by atoms with Crippen LogP contribution in [0.15, 0.2) is 0 Å². The number of nitrogens with zero attached hydrogens (tertiary/aromatic N) is 1. The van der Waals surface area contributed by atoms with E-state index in [0.717, 1.165) is 6.54 Å². The number of likely N-dealkylation sites (tertiary alicyclic amines) is 1. The molecule has 2 fully saturated rings. The number of halogens is 2. The van der Waals surface area contributed by atoms with E-state index in [1.54, 1.807) is 0 Å². The van der Waals surface area contributed by atoms with Crippen LogP contribution in [-0.2, 0) is 0 Å². The van der Waals surface area contributed by atoms with E-state index in [1.807, 2.05) is 0 Å². The second-order valence-electron chi connectivity index (χ2n) is 3.62. The van der Waals surface area contributed by atoms with Gasteiger partial charge in [0.1, 0.15) is 0 Å². The lowest BCUT2D eigenvalue weighted by Gasteiger charge is -2.25. The van der Waals surface area contributed by atoms with Crippen LogP contribution >= 0.6 is 24.8 Å². The molecule has 0 aromatic carbocycles. The van der Waals surface area contributed by atoms with Crippen LogP contribution < -0.4 is 5.73 Å². The molecule has 1 saturated carbocycles. The minimum Gasteiger partial charge on any atom is -0.329 e. The molecule has 1 aliphatic heterocycles. The maximum absolute atomic E-state index is 5.71. The Morgan fingerprint density at radius 2 is 1.58 bits per heavy atom. The fourth-order valence-electron chi connectivity index (χ4n) is 1.99. The van der Waals surface area contributed by atoms with Crippen molar-refractivity contribution in [2.24, 2.45) is 5.73 Å². The first kappa shape index (κ1) is 12.5. The van der Waals surface area contributed by atoms with Gasteiger partial charge in [-0.15, -0.1) is 24.8 Å². The van der Waals surface area contributed by atoms with Crippen molar-refractivity contribution in [3.8, 4) is 0 Å². The molecule has 2 N–H and O–H groups in total. The summed E-state index contributed by atoms with van der Waals surface area (Å²) in [5, 5.41) is 0. The molecule has 0 aromatic heterocycles. The molecule has 1 aliphatic carbocycles. The van der Waals surface area contributed by atoms with Crippen LogP contribution in [0.2, 0.25) is 0 Å². The van der Waals surface area contributed by atoms with E-state index in [2.05, 4.69) is 4.90 Å². The van der Waals surface area contributed by atoms with Gasteiger partial charge in [0.2, 0.25) is 0 Å². The maximum Gasteiger partial charge on any atom is 0.0333 e. The fraction of sp³-hybridized carbons (Fsp3) is 1.00. The van der Waals surface area contributed by atoms with Crippen LogP contribution in [-0.4, -0.2) is 30.1 Å². The molecule has 2 nitrogen and oxygen atoms in total. The minimum atomic E-state index is 0. The molecule has 0 atom stereocenters. The Kier molecular flexibility index (Phi) is 4.85. The Morgan fingerprint density at radius 3 is 1.92 bits per heavy atom. The van der Waals surface area contributed by atoms with Crippen molar-refractivity contribution in [2.45, 2.75) is 31.2 Å². The lowest BCUT2D eigenvalue weighted by Crippen LogP contribution is -2.40. The van der Waals surface area contributed by atoms with Gasteiger partial charge in [0, 0.05) is 12.1 Å². The fourth-order valence-corrected chi connectivity index (χ4v) is 1.99. The summed E-state index contributed by atoms with van der Waals surface area (Å²) in [6.07, 6.45) is 5.48. The summed E-state index contributed by atoms with van der Waals surface area (Å²) in [6, 6.07) is 0. The summed E-state index contributed by atoms with van der Waals surface area (Å²) in [6.45, 7) is 3.49. The molecule has 2 rings (SSSR count). The van der Waals surface area contributed by atoms with Gasteiger partial charge in [0.25, 0.3) is 0 Å². The Labute approximate surface area is 86.7 Å². The van der Waals surface area contributed by atoms with Gasteiger partial charge in [0.15, 0.2) is 0 Å². The van der Waals surface area contributed by atoms with Crippen molar-refractivity contribution in [2.75, 3.05) is 19.6 Å². The standard InChI is InChI=1S/C8H16N2.2ClH/c9-7-8(3-4-8)10-5-1-2-6-10;;/h1-7,9H2;2*1H. The first-order valence-electron chi connectivity index (χ1n) is 4.32. The average Bonchev–Trinajstić information content (AvgIpc) is 2.58. The lowest BCUT2D eigenvalue weighted by atomic mass is 10.2. The topological polar surface area (TPSA) is 29.3 Å². The summed E-state index contributed by atoms with van der Waals surface area (Å²) in [5.74, 6) is 0. The molecule has 1 heterocycles. The van der Waals surface area contributed by atoms with Gasteiger partial charge in [0.05, 0.1) is 0 Å². The molecular weight excluding hydrogens is 195 g/mol. The largest absolute Gasteiger partial charge is 0.329 e. The molecule has 0 amide bonds. The Morgan fingerprint density at radius 1 is 1.08 bits per heavy atom. The Hall–Kier alpha value is 0.500. The van der Waals surface area contributed by atoms with E-state index in [1.165, 1.54) is 38.8 Å². The van der Waals surface area contributed by atoms with Crippen molar-refractivity contribution in [3.05, 3.63) is 0 Å². The molecule has 0 spiro atoms. The number of hydrogen-bond donors (Lipinski definition) is 1. The second kappa shape index (κ2) is 4.66. The highest BCUT2D eigenvalue weighted by atomic mass is 35.5. The zero-order valence-corrected chi connectivity index (χ0v) is 8.92. The number of nitrogens with two attached hydrogens (primary N) is 1. The zero-order chi connectivity index (χ0) is 7.03. The van der Waals surface area contributed by atoms with E-state index < -0.39 is 0 Å². The monoisotopic (exact) mass is 212 g/mol. The summed E-state index contributed by atoms with van der Waals surface area (Å²) in [4.78, 5) is 2.59. The molecule has 12 heavy (non-hydrogen) atoms. The molecule has 74 valence electrons.